The lowest BCUT2D eigenvalue weighted by Gasteiger charge is -2.08. The highest BCUT2D eigenvalue weighted by molar-refractivity contribution is 5.90. The summed E-state index contributed by atoms with van der Waals surface area (Å²) in [6.07, 6.45) is 5.46. The molecule has 0 aliphatic rings. The zero-order chi connectivity index (χ0) is 13.1. The molecule has 2 aromatic heterocycles. The van der Waals surface area contributed by atoms with Crippen LogP contribution in [0.15, 0.2) is 55.0 Å². The van der Waals surface area contributed by atoms with Crippen molar-refractivity contribution >= 4 is 16.6 Å². The maximum atomic E-state index is 4.39. The maximum Gasteiger partial charge on any atom is 0.135 e. The summed E-state index contributed by atoms with van der Waals surface area (Å²) in [5.74, 6) is 0.881. The normalized spacial score (nSPS) is 10.6. The van der Waals surface area contributed by atoms with Crippen molar-refractivity contribution in [2.24, 2.45) is 0 Å². The summed E-state index contributed by atoms with van der Waals surface area (Å²) in [6, 6.07) is 12.5. The molecule has 0 saturated heterocycles. The van der Waals surface area contributed by atoms with Gasteiger partial charge in [0.2, 0.25) is 0 Å². The number of anilines is 1. The molecule has 0 bridgehead atoms. The van der Waals surface area contributed by atoms with Crippen LogP contribution in [0, 0.1) is 6.92 Å². The van der Waals surface area contributed by atoms with Gasteiger partial charge in [0.25, 0.3) is 0 Å². The van der Waals surface area contributed by atoms with Gasteiger partial charge in [-0.1, -0.05) is 29.8 Å². The number of hydrogen-bond acceptors (Lipinski definition) is 3. The summed E-state index contributed by atoms with van der Waals surface area (Å²) in [6.45, 7) is 2.86. The van der Waals surface area contributed by atoms with Gasteiger partial charge in [0.15, 0.2) is 0 Å². The van der Waals surface area contributed by atoms with Crippen molar-refractivity contribution in [3.63, 3.8) is 0 Å². The lowest BCUT2D eigenvalue weighted by Crippen LogP contribution is -2.01. The Balaban J connectivity index is 1.84. The second kappa shape index (κ2) is 5.06. The third-order valence-electron chi connectivity index (χ3n) is 3.15. The highest BCUT2D eigenvalue weighted by Crippen LogP contribution is 2.19. The van der Waals surface area contributed by atoms with Gasteiger partial charge in [-0.2, -0.15) is 0 Å². The highest BCUT2D eigenvalue weighted by atomic mass is 15.0. The van der Waals surface area contributed by atoms with E-state index in [-0.39, 0.29) is 0 Å². The first kappa shape index (κ1) is 11.7. The number of rotatable bonds is 3. The molecular weight excluding hydrogens is 234 g/mol. The van der Waals surface area contributed by atoms with Crippen LogP contribution in [0.2, 0.25) is 0 Å². The fourth-order valence-corrected chi connectivity index (χ4v) is 2.04. The molecule has 0 amide bonds. The zero-order valence-corrected chi connectivity index (χ0v) is 10.8. The van der Waals surface area contributed by atoms with E-state index in [1.54, 1.807) is 6.20 Å². The molecule has 2 heterocycles. The smallest absolute Gasteiger partial charge is 0.135 e. The Kier molecular flexibility index (Phi) is 3.11. The number of nitrogens with one attached hydrogen (secondary N) is 1. The second-order valence-electron chi connectivity index (χ2n) is 4.60. The van der Waals surface area contributed by atoms with Gasteiger partial charge >= 0.3 is 0 Å². The van der Waals surface area contributed by atoms with E-state index >= 15 is 0 Å². The lowest BCUT2D eigenvalue weighted by molar-refractivity contribution is 1.12. The number of benzene rings is 1. The second-order valence-corrected chi connectivity index (χ2v) is 4.60. The van der Waals surface area contributed by atoms with Crippen LogP contribution in [0.5, 0.6) is 0 Å². The highest BCUT2D eigenvalue weighted by Gasteiger charge is 2.01. The molecule has 0 atom stereocenters. The standard InChI is InChI=1S/C16H15N3/c1-12-2-4-13(5-3-12)10-19-16-15-11-17-8-6-14(15)7-9-18-16/h2-9,11H,10H2,1H3,(H,18,19). The molecule has 0 aliphatic carbocycles. The van der Waals surface area contributed by atoms with E-state index in [1.165, 1.54) is 11.1 Å². The SMILES string of the molecule is Cc1ccc(CNc2nccc3ccncc23)cc1. The first-order valence-electron chi connectivity index (χ1n) is 6.31. The van der Waals surface area contributed by atoms with E-state index in [2.05, 4.69) is 46.5 Å². The molecule has 3 rings (SSSR count). The zero-order valence-electron chi connectivity index (χ0n) is 10.8. The van der Waals surface area contributed by atoms with Gasteiger partial charge in [-0.25, -0.2) is 4.98 Å². The summed E-state index contributed by atoms with van der Waals surface area (Å²) < 4.78 is 0. The molecule has 1 aromatic carbocycles. The average Bonchev–Trinajstić information content (AvgIpc) is 2.47. The van der Waals surface area contributed by atoms with Gasteiger partial charge < -0.3 is 5.32 Å². The Labute approximate surface area is 112 Å². The lowest BCUT2D eigenvalue weighted by atomic mass is 10.1. The fourth-order valence-electron chi connectivity index (χ4n) is 2.04. The van der Waals surface area contributed by atoms with Gasteiger partial charge in [-0.15, -0.1) is 0 Å². The summed E-state index contributed by atoms with van der Waals surface area (Å²) in [5.41, 5.74) is 2.52. The summed E-state index contributed by atoms with van der Waals surface area (Å²) in [7, 11) is 0. The third kappa shape index (κ3) is 2.55. The molecule has 19 heavy (non-hydrogen) atoms. The average molecular weight is 249 g/mol. The number of fused-ring (bicyclic) bond motifs is 1. The van der Waals surface area contributed by atoms with Crippen LogP contribution in [-0.2, 0) is 6.54 Å². The molecule has 3 nitrogen and oxygen atoms in total. The fraction of sp³-hybridized carbons (Fsp3) is 0.125. The van der Waals surface area contributed by atoms with Crippen molar-refractivity contribution in [3.8, 4) is 0 Å². The summed E-state index contributed by atoms with van der Waals surface area (Å²) >= 11 is 0. The molecule has 0 radical (unpaired) electrons. The van der Waals surface area contributed by atoms with E-state index in [4.69, 9.17) is 0 Å². The first-order chi connectivity index (χ1) is 9.33. The van der Waals surface area contributed by atoms with E-state index in [1.807, 2.05) is 24.5 Å². The van der Waals surface area contributed by atoms with Crippen molar-refractivity contribution in [2.45, 2.75) is 13.5 Å². The minimum absolute atomic E-state index is 0.765. The maximum absolute atomic E-state index is 4.39. The first-order valence-corrected chi connectivity index (χ1v) is 6.31. The van der Waals surface area contributed by atoms with E-state index in [0.717, 1.165) is 23.1 Å². The molecule has 3 heteroatoms. The molecule has 94 valence electrons. The van der Waals surface area contributed by atoms with Crippen LogP contribution >= 0.6 is 0 Å². The summed E-state index contributed by atoms with van der Waals surface area (Å²) in [4.78, 5) is 8.55. The Morgan fingerprint density at radius 2 is 1.79 bits per heavy atom. The van der Waals surface area contributed by atoms with Crippen molar-refractivity contribution in [2.75, 3.05) is 5.32 Å². The van der Waals surface area contributed by atoms with Gasteiger partial charge in [-0.05, 0) is 30.0 Å². The van der Waals surface area contributed by atoms with Gasteiger partial charge in [0.1, 0.15) is 5.82 Å². The molecule has 0 fully saturated rings. The van der Waals surface area contributed by atoms with Gasteiger partial charge in [0, 0.05) is 30.5 Å². The predicted octanol–water partition coefficient (Wildman–Crippen LogP) is 3.55. The number of aryl methyl sites for hydroxylation is 1. The Morgan fingerprint density at radius 3 is 2.63 bits per heavy atom. The number of hydrogen-bond donors (Lipinski definition) is 1. The van der Waals surface area contributed by atoms with E-state index < -0.39 is 0 Å². The van der Waals surface area contributed by atoms with Crippen molar-refractivity contribution in [1.82, 2.24) is 9.97 Å². The molecule has 0 spiro atoms. The van der Waals surface area contributed by atoms with Gasteiger partial charge in [0.05, 0.1) is 0 Å². The van der Waals surface area contributed by atoms with E-state index in [0.29, 0.717) is 0 Å². The van der Waals surface area contributed by atoms with E-state index in [9.17, 15) is 0 Å². The Bertz CT molecular complexity index is 684. The van der Waals surface area contributed by atoms with Crippen LogP contribution in [0.25, 0.3) is 10.8 Å². The quantitative estimate of drug-likeness (QED) is 0.771. The topological polar surface area (TPSA) is 37.8 Å². The number of aromatic nitrogens is 2. The Hall–Kier alpha value is -2.42. The Morgan fingerprint density at radius 1 is 1.00 bits per heavy atom. The molecule has 3 aromatic rings. The largest absolute Gasteiger partial charge is 0.365 e. The monoisotopic (exact) mass is 249 g/mol. The minimum atomic E-state index is 0.765. The van der Waals surface area contributed by atoms with Crippen LogP contribution in [0.4, 0.5) is 5.82 Å². The van der Waals surface area contributed by atoms with Gasteiger partial charge in [-0.3, -0.25) is 4.98 Å². The molecule has 0 aliphatic heterocycles. The van der Waals surface area contributed by atoms with Crippen LogP contribution < -0.4 is 5.32 Å². The van der Waals surface area contributed by atoms with Crippen LogP contribution in [0.3, 0.4) is 0 Å². The van der Waals surface area contributed by atoms with Crippen LogP contribution in [-0.4, -0.2) is 9.97 Å². The molecule has 0 unspecified atom stereocenters. The minimum Gasteiger partial charge on any atom is -0.365 e. The van der Waals surface area contributed by atoms with Crippen molar-refractivity contribution in [3.05, 3.63) is 66.1 Å². The van der Waals surface area contributed by atoms with Crippen molar-refractivity contribution < 1.29 is 0 Å². The summed E-state index contributed by atoms with van der Waals surface area (Å²) in [5, 5.41) is 5.57. The predicted molar refractivity (Wildman–Crippen MR) is 78.0 cm³/mol. The van der Waals surface area contributed by atoms with Crippen molar-refractivity contribution in [1.29, 1.82) is 0 Å². The number of nitrogens with zero attached hydrogens (tertiary/aromatic N) is 2. The number of pyridine rings is 2. The molecular formula is C16H15N3. The van der Waals surface area contributed by atoms with Crippen LogP contribution in [0.1, 0.15) is 11.1 Å². The molecule has 1 N–H and O–H groups in total. The third-order valence-corrected chi connectivity index (χ3v) is 3.15. The molecule has 0 saturated carbocycles.